The van der Waals surface area contributed by atoms with Gasteiger partial charge in [-0.1, -0.05) is 58.0 Å². The number of halogens is 2. The lowest BCUT2D eigenvalue weighted by atomic mass is 10.1. The van der Waals surface area contributed by atoms with Crippen LogP contribution in [0.2, 0.25) is 10.0 Å². The van der Waals surface area contributed by atoms with Crippen LogP contribution in [0.25, 0.3) is 11.3 Å². The van der Waals surface area contributed by atoms with Gasteiger partial charge >= 0.3 is 0 Å². The average Bonchev–Trinajstić information content (AvgIpc) is 3.21. The number of carbonyl (C=O) groups excluding carboxylic acids is 1. The summed E-state index contributed by atoms with van der Waals surface area (Å²) in [5.41, 5.74) is 1.68. The lowest BCUT2D eigenvalue weighted by Gasteiger charge is -2.12. The van der Waals surface area contributed by atoms with Crippen LogP contribution >= 0.6 is 34.7 Å². The molecule has 0 aliphatic rings. The van der Waals surface area contributed by atoms with E-state index in [0.717, 1.165) is 17.1 Å². The van der Waals surface area contributed by atoms with Gasteiger partial charge in [-0.25, -0.2) is 0 Å². The third-order valence-corrected chi connectivity index (χ3v) is 5.18. The van der Waals surface area contributed by atoms with Crippen molar-refractivity contribution in [3.05, 3.63) is 87.7 Å². The molecule has 3 aromatic carbocycles. The Hall–Kier alpha value is -2.93. The Morgan fingerprint density at radius 2 is 1.66 bits per heavy atom. The fourth-order valence-corrected chi connectivity index (χ4v) is 3.50. The van der Waals surface area contributed by atoms with Crippen LogP contribution in [0.4, 0.5) is 5.69 Å². The molecule has 0 bridgehead atoms. The first-order chi connectivity index (χ1) is 14.1. The summed E-state index contributed by atoms with van der Waals surface area (Å²) < 4.78 is 9.83. The lowest BCUT2D eigenvalue weighted by molar-refractivity contribution is 0.103. The predicted molar refractivity (Wildman–Crippen MR) is 116 cm³/mol. The molecule has 4 rings (SSSR count). The summed E-state index contributed by atoms with van der Waals surface area (Å²) >= 11 is 13.1. The van der Waals surface area contributed by atoms with Crippen LogP contribution in [0.5, 0.6) is 11.5 Å². The van der Waals surface area contributed by atoms with Crippen LogP contribution in [-0.2, 0) is 0 Å². The monoisotopic (exact) mass is 441 g/mol. The van der Waals surface area contributed by atoms with Crippen molar-refractivity contribution in [2.45, 2.75) is 0 Å². The van der Waals surface area contributed by atoms with Crippen molar-refractivity contribution in [3.8, 4) is 22.8 Å². The summed E-state index contributed by atoms with van der Waals surface area (Å²) in [4.78, 5) is 13.3. The Labute approximate surface area is 181 Å². The molecule has 0 fully saturated rings. The first kappa shape index (κ1) is 19.4. The Morgan fingerprint density at radius 1 is 0.931 bits per heavy atom. The number of anilines is 1. The van der Waals surface area contributed by atoms with Gasteiger partial charge in [-0.05, 0) is 54.0 Å². The summed E-state index contributed by atoms with van der Waals surface area (Å²) in [6, 6.07) is 21.4. The molecule has 0 radical (unpaired) electrons. The number of aromatic nitrogens is 2. The Balaban J connectivity index is 1.62. The van der Waals surface area contributed by atoms with Crippen molar-refractivity contribution >= 4 is 46.3 Å². The van der Waals surface area contributed by atoms with Gasteiger partial charge in [0.1, 0.15) is 16.3 Å². The third kappa shape index (κ3) is 4.56. The molecule has 1 aromatic heterocycles. The zero-order valence-corrected chi connectivity index (χ0v) is 17.1. The maximum absolute atomic E-state index is 12.9. The highest BCUT2D eigenvalue weighted by atomic mass is 35.5. The summed E-state index contributed by atoms with van der Waals surface area (Å²) in [6.45, 7) is 0. The molecule has 29 heavy (non-hydrogen) atoms. The molecular formula is C21H13Cl2N3O2S. The second-order valence-electron chi connectivity index (χ2n) is 5.97. The zero-order chi connectivity index (χ0) is 20.2. The van der Waals surface area contributed by atoms with E-state index in [1.165, 1.54) is 0 Å². The van der Waals surface area contributed by atoms with Crippen molar-refractivity contribution in [1.29, 1.82) is 0 Å². The Kier molecular flexibility index (Phi) is 5.76. The molecule has 8 heteroatoms. The number of hydrogen-bond donors (Lipinski definition) is 1. The molecule has 0 unspecified atom stereocenters. The van der Waals surface area contributed by atoms with E-state index >= 15 is 0 Å². The molecule has 0 saturated carbocycles. The number of rotatable bonds is 5. The van der Waals surface area contributed by atoms with E-state index in [0.29, 0.717) is 37.8 Å². The minimum Gasteiger partial charge on any atom is -0.455 e. The maximum Gasteiger partial charge on any atom is 0.269 e. The van der Waals surface area contributed by atoms with Gasteiger partial charge in [0.15, 0.2) is 5.75 Å². The van der Waals surface area contributed by atoms with Gasteiger partial charge in [-0.2, -0.15) is 0 Å². The molecule has 0 spiro atoms. The fourth-order valence-electron chi connectivity index (χ4n) is 2.62. The quantitative estimate of drug-likeness (QED) is 0.380. The topological polar surface area (TPSA) is 64.1 Å². The number of ether oxygens (including phenoxy) is 1. The van der Waals surface area contributed by atoms with Gasteiger partial charge in [0.25, 0.3) is 5.91 Å². The maximum atomic E-state index is 12.9. The number of amides is 1. The number of nitrogens with zero attached hydrogens (tertiary/aromatic N) is 2. The van der Waals surface area contributed by atoms with Gasteiger partial charge < -0.3 is 10.1 Å². The van der Waals surface area contributed by atoms with Gasteiger partial charge in [0, 0.05) is 15.6 Å². The van der Waals surface area contributed by atoms with E-state index in [4.69, 9.17) is 27.9 Å². The standard InChI is InChI=1S/C21H13Cl2N3O2S/c22-14-8-6-13(7-9-14)19-20(29-26-25-19)21(27)24-17-12-15(23)10-11-18(17)28-16-4-2-1-3-5-16/h1-12H,(H,24,27). The van der Waals surface area contributed by atoms with Crippen LogP contribution in [0.15, 0.2) is 72.8 Å². The number of benzene rings is 3. The molecule has 4 aromatic rings. The number of para-hydroxylation sites is 1. The molecule has 0 aliphatic heterocycles. The van der Waals surface area contributed by atoms with E-state index < -0.39 is 0 Å². The average molecular weight is 442 g/mol. The highest BCUT2D eigenvalue weighted by molar-refractivity contribution is 7.08. The second kappa shape index (κ2) is 8.61. The molecule has 1 heterocycles. The molecule has 1 amide bonds. The van der Waals surface area contributed by atoms with E-state index in [9.17, 15) is 4.79 Å². The van der Waals surface area contributed by atoms with Crippen LogP contribution in [0.1, 0.15) is 9.67 Å². The SMILES string of the molecule is O=C(Nc1cc(Cl)ccc1Oc1ccccc1)c1snnc1-c1ccc(Cl)cc1. The lowest BCUT2D eigenvalue weighted by Crippen LogP contribution is -2.12. The second-order valence-corrected chi connectivity index (χ2v) is 7.59. The summed E-state index contributed by atoms with van der Waals surface area (Å²) in [5, 5.41) is 8.02. The van der Waals surface area contributed by atoms with Crippen LogP contribution in [-0.4, -0.2) is 15.5 Å². The number of nitrogens with one attached hydrogen (secondary N) is 1. The van der Waals surface area contributed by atoms with Gasteiger partial charge in [0.05, 0.1) is 5.69 Å². The normalized spacial score (nSPS) is 10.6. The van der Waals surface area contributed by atoms with Crippen molar-refractivity contribution in [2.75, 3.05) is 5.32 Å². The molecule has 0 saturated heterocycles. The molecule has 5 nitrogen and oxygen atoms in total. The molecule has 1 N–H and O–H groups in total. The van der Waals surface area contributed by atoms with Crippen LogP contribution in [0, 0.1) is 0 Å². The van der Waals surface area contributed by atoms with E-state index in [1.807, 2.05) is 30.3 Å². The molecular weight excluding hydrogens is 429 g/mol. The molecule has 144 valence electrons. The smallest absolute Gasteiger partial charge is 0.269 e. The summed E-state index contributed by atoms with van der Waals surface area (Å²) in [7, 11) is 0. The van der Waals surface area contributed by atoms with Gasteiger partial charge in [0.2, 0.25) is 0 Å². The van der Waals surface area contributed by atoms with Crippen molar-refractivity contribution in [3.63, 3.8) is 0 Å². The first-order valence-electron chi connectivity index (χ1n) is 8.52. The van der Waals surface area contributed by atoms with Crippen LogP contribution in [0.3, 0.4) is 0 Å². The van der Waals surface area contributed by atoms with Crippen LogP contribution < -0.4 is 10.1 Å². The minimum atomic E-state index is -0.356. The Morgan fingerprint density at radius 3 is 2.41 bits per heavy atom. The number of carbonyl (C=O) groups is 1. The third-order valence-electron chi connectivity index (χ3n) is 3.97. The highest BCUT2D eigenvalue weighted by Crippen LogP contribution is 2.33. The number of hydrogen-bond acceptors (Lipinski definition) is 5. The van der Waals surface area contributed by atoms with E-state index in [1.54, 1.807) is 42.5 Å². The molecule has 0 aliphatic carbocycles. The summed E-state index contributed by atoms with van der Waals surface area (Å²) in [5.74, 6) is 0.760. The van der Waals surface area contributed by atoms with Crippen molar-refractivity contribution in [2.24, 2.45) is 0 Å². The van der Waals surface area contributed by atoms with E-state index in [-0.39, 0.29) is 5.91 Å². The van der Waals surface area contributed by atoms with Crippen molar-refractivity contribution < 1.29 is 9.53 Å². The Bertz CT molecular complexity index is 1150. The highest BCUT2D eigenvalue weighted by Gasteiger charge is 2.19. The summed E-state index contributed by atoms with van der Waals surface area (Å²) in [6.07, 6.45) is 0. The minimum absolute atomic E-state index is 0.356. The molecule has 0 atom stereocenters. The zero-order valence-electron chi connectivity index (χ0n) is 14.8. The fraction of sp³-hybridized carbons (Fsp3) is 0. The predicted octanol–water partition coefficient (Wildman–Crippen LogP) is 6.56. The largest absolute Gasteiger partial charge is 0.455 e. The van der Waals surface area contributed by atoms with Gasteiger partial charge in [-0.3, -0.25) is 4.79 Å². The van der Waals surface area contributed by atoms with E-state index in [2.05, 4.69) is 14.9 Å². The van der Waals surface area contributed by atoms with Crippen molar-refractivity contribution in [1.82, 2.24) is 9.59 Å². The first-order valence-corrected chi connectivity index (χ1v) is 10.1. The van der Waals surface area contributed by atoms with Gasteiger partial charge in [-0.15, -0.1) is 5.10 Å².